The molecule has 0 aliphatic rings. The van der Waals surface area contributed by atoms with Gasteiger partial charge in [-0.25, -0.2) is 0 Å². The van der Waals surface area contributed by atoms with E-state index in [-0.39, 0.29) is 0 Å². The molecule has 1 heterocycles. The lowest BCUT2D eigenvalue weighted by Gasteiger charge is -2.16. The number of nitrogens with one attached hydrogen (secondary N) is 1. The van der Waals surface area contributed by atoms with Crippen molar-refractivity contribution in [3.05, 3.63) is 22.4 Å². The van der Waals surface area contributed by atoms with Crippen LogP contribution in [-0.2, 0) is 11.2 Å². The van der Waals surface area contributed by atoms with Crippen LogP contribution < -0.4 is 5.32 Å². The van der Waals surface area contributed by atoms with E-state index in [1.807, 2.05) is 11.3 Å². The van der Waals surface area contributed by atoms with Crippen LogP contribution in [0.3, 0.4) is 0 Å². The maximum absolute atomic E-state index is 5.51. The van der Waals surface area contributed by atoms with Crippen LogP contribution in [0.15, 0.2) is 17.5 Å². The molecule has 1 rings (SSSR count). The van der Waals surface area contributed by atoms with Crippen LogP contribution >= 0.6 is 11.3 Å². The fraction of sp³-hybridized carbons (Fsp3) is 0.692. The molecule has 1 aromatic rings. The number of hydrogen-bond donors (Lipinski definition) is 1. The summed E-state index contributed by atoms with van der Waals surface area (Å²) in [5.74, 6) is 0. The Labute approximate surface area is 103 Å². The first kappa shape index (κ1) is 13.7. The topological polar surface area (TPSA) is 21.3 Å². The Morgan fingerprint density at radius 1 is 1.44 bits per heavy atom. The average molecular weight is 241 g/mol. The van der Waals surface area contributed by atoms with E-state index in [0.29, 0.717) is 12.1 Å². The quantitative estimate of drug-likeness (QED) is 0.706. The zero-order valence-corrected chi connectivity index (χ0v) is 11.3. The molecule has 1 N–H and O–H groups in total. The molecule has 2 nitrogen and oxygen atoms in total. The minimum Gasteiger partial charge on any atom is -0.377 e. The molecule has 0 amide bonds. The first-order valence-electron chi connectivity index (χ1n) is 6.09. The van der Waals surface area contributed by atoms with Gasteiger partial charge in [-0.2, -0.15) is 0 Å². The second-order valence-electron chi connectivity index (χ2n) is 4.26. The van der Waals surface area contributed by atoms with E-state index >= 15 is 0 Å². The van der Waals surface area contributed by atoms with Crippen LogP contribution in [0.4, 0.5) is 0 Å². The van der Waals surface area contributed by atoms with Crippen LogP contribution in [0.5, 0.6) is 0 Å². The zero-order chi connectivity index (χ0) is 11.8. The molecule has 0 saturated heterocycles. The van der Waals surface area contributed by atoms with E-state index in [2.05, 4.69) is 43.6 Å². The van der Waals surface area contributed by atoms with Crippen molar-refractivity contribution in [2.45, 2.75) is 45.8 Å². The van der Waals surface area contributed by atoms with Gasteiger partial charge in [0.2, 0.25) is 0 Å². The van der Waals surface area contributed by atoms with E-state index in [9.17, 15) is 0 Å². The Bertz CT molecular complexity index is 259. The molecule has 92 valence electrons. The van der Waals surface area contributed by atoms with Crippen LogP contribution in [-0.4, -0.2) is 25.3 Å². The smallest absolute Gasteiger partial charge is 0.0594 e. The summed E-state index contributed by atoms with van der Waals surface area (Å²) >= 11 is 1.84. The van der Waals surface area contributed by atoms with Crippen molar-refractivity contribution in [1.82, 2.24) is 5.32 Å². The van der Waals surface area contributed by atoms with Gasteiger partial charge in [0.15, 0.2) is 0 Å². The predicted octanol–water partition coefficient (Wildman–Crippen LogP) is 3.08. The summed E-state index contributed by atoms with van der Waals surface area (Å²) in [6.07, 6.45) is 2.63. The predicted molar refractivity (Wildman–Crippen MR) is 71.2 cm³/mol. The number of thiophene rings is 1. The normalized spacial score (nSPS) is 13.2. The standard InChI is InChI=1S/C13H23NOS/c1-4-12(10-13-6-5-9-16-13)14-7-8-15-11(2)3/h5-6,9,11-12,14H,4,7-8,10H2,1-3H3. The first-order valence-corrected chi connectivity index (χ1v) is 6.97. The molecule has 0 radical (unpaired) electrons. The summed E-state index contributed by atoms with van der Waals surface area (Å²) in [6, 6.07) is 4.91. The van der Waals surface area contributed by atoms with E-state index in [1.54, 1.807) is 0 Å². The van der Waals surface area contributed by atoms with Gasteiger partial charge in [0.25, 0.3) is 0 Å². The second kappa shape index (κ2) is 7.82. The summed E-state index contributed by atoms with van der Waals surface area (Å²) in [6.45, 7) is 8.13. The first-order chi connectivity index (χ1) is 7.72. The SMILES string of the molecule is CCC(Cc1cccs1)NCCOC(C)C. The number of hydrogen-bond acceptors (Lipinski definition) is 3. The summed E-state index contributed by atoms with van der Waals surface area (Å²) < 4.78 is 5.51. The number of rotatable bonds is 8. The van der Waals surface area contributed by atoms with E-state index < -0.39 is 0 Å². The Morgan fingerprint density at radius 3 is 2.81 bits per heavy atom. The molecule has 16 heavy (non-hydrogen) atoms. The fourth-order valence-corrected chi connectivity index (χ4v) is 2.38. The van der Waals surface area contributed by atoms with Crippen molar-refractivity contribution in [3.63, 3.8) is 0 Å². The molecule has 1 atom stereocenters. The molecular weight excluding hydrogens is 218 g/mol. The van der Waals surface area contributed by atoms with E-state index in [1.165, 1.54) is 11.3 Å². The van der Waals surface area contributed by atoms with Gasteiger partial charge >= 0.3 is 0 Å². The van der Waals surface area contributed by atoms with Crippen molar-refractivity contribution < 1.29 is 4.74 Å². The summed E-state index contributed by atoms with van der Waals surface area (Å²) in [7, 11) is 0. The second-order valence-corrected chi connectivity index (χ2v) is 5.29. The van der Waals surface area contributed by atoms with Gasteiger partial charge < -0.3 is 10.1 Å². The molecule has 0 bridgehead atoms. The molecule has 0 aliphatic carbocycles. The molecule has 0 fully saturated rings. The highest BCUT2D eigenvalue weighted by molar-refractivity contribution is 7.09. The molecule has 0 saturated carbocycles. The third kappa shape index (κ3) is 5.64. The third-order valence-electron chi connectivity index (χ3n) is 2.51. The molecule has 0 spiro atoms. The highest BCUT2D eigenvalue weighted by Gasteiger charge is 2.07. The lowest BCUT2D eigenvalue weighted by Crippen LogP contribution is -2.33. The Kier molecular flexibility index (Phi) is 6.69. The fourth-order valence-electron chi connectivity index (χ4n) is 1.59. The van der Waals surface area contributed by atoms with Gasteiger partial charge in [-0.05, 0) is 38.1 Å². The van der Waals surface area contributed by atoms with Gasteiger partial charge in [-0.15, -0.1) is 11.3 Å². The maximum Gasteiger partial charge on any atom is 0.0594 e. The van der Waals surface area contributed by atoms with Crippen LogP contribution in [0, 0.1) is 0 Å². The Balaban J connectivity index is 2.17. The van der Waals surface area contributed by atoms with Gasteiger partial charge in [0, 0.05) is 17.5 Å². The van der Waals surface area contributed by atoms with Crippen molar-refractivity contribution in [2.75, 3.05) is 13.2 Å². The molecular formula is C13H23NOS. The van der Waals surface area contributed by atoms with Crippen molar-refractivity contribution in [1.29, 1.82) is 0 Å². The van der Waals surface area contributed by atoms with E-state index in [4.69, 9.17) is 4.74 Å². The molecule has 0 aromatic carbocycles. The summed E-state index contributed by atoms with van der Waals surface area (Å²) in [5.41, 5.74) is 0. The average Bonchev–Trinajstić information content (AvgIpc) is 2.75. The number of ether oxygens (including phenoxy) is 1. The van der Waals surface area contributed by atoms with E-state index in [0.717, 1.165) is 19.6 Å². The van der Waals surface area contributed by atoms with Gasteiger partial charge in [-0.3, -0.25) is 0 Å². The highest BCUT2D eigenvalue weighted by Crippen LogP contribution is 2.12. The molecule has 0 aliphatic heterocycles. The lowest BCUT2D eigenvalue weighted by atomic mass is 10.1. The molecule has 1 unspecified atom stereocenters. The zero-order valence-electron chi connectivity index (χ0n) is 10.5. The maximum atomic E-state index is 5.51. The van der Waals surface area contributed by atoms with Crippen molar-refractivity contribution in [2.24, 2.45) is 0 Å². The van der Waals surface area contributed by atoms with Gasteiger partial charge in [-0.1, -0.05) is 13.0 Å². The van der Waals surface area contributed by atoms with Crippen molar-refractivity contribution in [3.8, 4) is 0 Å². The summed E-state index contributed by atoms with van der Waals surface area (Å²) in [4.78, 5) is 1.46. The molecule has 3 heteroatoms. The molecule has 1 aromatic heterocycles. The summed E-state index contributed by atoms with van der Waals surface area (Å²) in [5, 5.41) is 5.69. The van der Waals surface area contributed by atoms with Crippen LogP contribution in [0.25, 0.3) is 0 Å². The Morgan fingerprint density at radius 2 is 2.25 bits per heavy atom. The van der Waals surface area contributed by atoms with Crippen molar-refractivity contribution >= 4 is 11.3 Å². The highest BCUT2D eigenvalue weighted by atomic mass is 32.1. The Hall–Kier alpha value is -0.380. The minimum atomic E-state index is 0.333. The van der Waals surface area contributed by atoms with Crippen LogP contribution in [0.1, 0.15) is 32.1 Å². The van der Waals surface area contributed by atoms with Crippen LogP contribution in [0.2, 0.25) is 0 Å². The van der Waals surface area contributed by atoms with Gasteiger partial charge in [0.05, 0.1) is 12.7 Å². The minimum absolute atomic E-state index is 0.333. The largest absolute Gasteiger partial charge is 0.377 e. The lowest BCUT2D eigenvalue weighted by molar-refractivity contribution is 0.0792. The monoisotopic (exact) mass is 241 g/mol. The van der Waals surface area contributed by atoms with Gasteiger partial charge in [0.1, 0.15) is 0 Å². The third-order valence-corrected chi connectivity index (χ3v) is 3.41.